The molecule has 2 unspecified atom stereocenters. The quantitative estimate of drug-likeness (QED) is 0.163. The molecule has 1 fully saturated rings. The van der Waals surface area contributed by atoms with Gasteiger partial charge in [-0.2, -0.15) is 15.4 Å². The summed E-state index contributed by atoms with van der Waals surface area (Å²) >= 11 is 0. The first-order valence-electron chi connectivity index (χ1n) is 14.7. The fourth-order valence-electron chi connectivity index (χ4n) is 5.12. The monoisotopic (exact) mass is 650 g/mol. The molecule has 15 heteroatoms. The van der Waals surface area contributed by atoms with Gasteiger partial charge < -0.3 is 24.5 Å². The van der Waals surface area contributed by atoms with Crippen molar-refractivity contribution in [2.24, 2.45) is 5.92 Å². The van der Waals surface area contributed by atoms with Crippen molar-refractivity contribution in [2.45, 2.75) is 58.0 Å². The summed E-state index contributed by atoms with van der Waals surface area (Å²) in [7, 11) is -4.36. The highest BCUT2D eigenvalue weighted by atomic mass is 31.2. The average molecular weight is 651 g/mol. The summed E-state index contributed by atoms with van der Waals surface area (Å²) in [6.45, 7) is 6.12. The second-order valence-corrected chi connectivity index (χ2v) is 12.7. The number of aromatic nitrogens is 3. The molecule has 0 aliphatic carbocycles. The second kappa shape index (κ2) is 13.4. The van der Waals surface area contributed by atoms with Crippen molar-refractivity contribution in [2.75, 3.05) is 18.9 Å². The lowest BCUT2D eigenvalue weighted by Gasteiger charge is -2.26. The summed E-state index contributed by atoms with van der Waals surface area (Å²) in [5, 5.41) is 18.8. The third-order valence-electron chi connectivity index (χ3n) is 7.44. The van der Waals surface area contributed by atoms with Crippen LogP contribution in [0.1, 0.15) is 39.8 Å². The van der Waals surface area contributed by atoms with Crippen LogP contribution in [0.4, 0.5) is 5.82 Å². The maximum Gasteiger partial charge on any atom is 0.459 e. The van der Waals surface area contributed by atoms with Crippen molar-refractivity contribution < 1.29 is 37.4 Å². The number of hydrogen-bond donors (Lipinski definition) is 2. The molecule has 0 bridgehead atoms. The molecule has 1 aliphatic heterocycles. The van der Waals surface area contributed by atoms with E-state index in [1.807, 2.05) is 18.2 Å². The molecule has 242 valence electrons. The minimum atomic E-state index is -4.36. The number of nitrogens with zero attached hydrogens (tertiary/aromatic N) is 4. The highest BCUT2D eigenvalue weighted by Gasteiger charge is 2.53. The summed E-state index contributed by atoms with van der Waals surface area (Å²) in [5.74, 6) is -1.23. The Labute approximate surface area is 265 Å². The molecule has 0 saturated carbocycles. The lowest BCUT2D eigenvalue weighted by Crippen LogP contribution is -2.37. The number of carbonyl (C=O) groups excluding carboxylic acids is 2. The number of hydrogen-bond acceptors (Lipinski definition) is 12. The fraction of sp³-hybridized carbons (Fsp3) is 0.387. The summed E-state index contributed by atoms with van der Waals surface area (Å²) in [4.78, 5) is 29.3. The van der Waals surface area contributed by atoms with Crippen molar-refractivity contribution in [3.63, 3.8) is 0 Å². The summed E-state index contributed by atoms with van der Waals surface area (Å²) in [5.41, 5.74) is 5.14. The molecule has 46 heavy (non-hydrogen) atoms. The maximum atomic E-state index is 14.4. The molecular weight excluding hydrogens is 615 g/mol. The van der Waals surface area contributed by atoms with Crippen LogP contribution in [0, 0.1) is 17.2 Å². The number of fused-ring (bicyclic) bond motifs is 2. The van der Waals surface area contributed by atoms with E-state index in [9.17, 15) is 19.4 Å². The van der Waals surface area contributed by atoms with Gasteiger partial charge in [0.15, 0.2) is 5.82 Å². The molecule has 14 nitrogen and oxygen atoms in total. The van der Waals surface area contributed by atoms with E-state index in [1.165, 1.54) is 17.8 Å². The summed E-state index contributed by atoms with van der Waals surface area (Å²) in [6.07, 6.45) is -0.920. The molecular formula is C31H35N6O8P. The number of anilines is 1. The van der Waals surface area contributed by atoms with Gasteiger partial charge in [-0.1, -0.05) is 50.2 Å². The number of ether oxygens (including phenoxy) is 3. The van der Waals surface area contributed by atoms with E-state index in [1.54, 1.807) is 57.2 Å². The fourth-order valence-corrected chi connectivity index (χ4v) is 6.64. The number of nitrogens with two attached hydrogens (primary N) is 1. The van der Waals surface area contributed by atoms with Crippen LogP contribution in [-0.4, -0.2) is 58.0 Å². The van der Waals surface area contributed by atoms with Crippen LogP contribution in [0.3, 0.4) is 0 Å². The van der Waals surface area contributed by atoms with Crippen LogP contribution in [0.5, 0.6) is 5.75 Å². The van der Waals surface area contributed by atoms with Gasteiger partial charge in [0.05, 0.1) is 24.8 Å². The van der Waals surface area contributed by atoms with Gasteiger partial charge in [-0.3, -0.25) is 14.1 Å². The Kier molecular flexibility index (Phi) is 9.60. The predicted octanol–water partition coefficient (Wildman–Crippen LogP) is 4.29. The highest BCUT2D eigenvalue weighted by molar-refractivity contribution is 7.52. The molecule has 0 amide bonds. The number of rotatable bonds is 12. The van der Waals surface area contributed by atoms with Crippen molar-refractivity contribution in [1.82, 2.24) is 19.7 Å². The number of esters is 2. The van der Waals surface area contributed by atoms with Crippen LogP contribution in [0.25, 0.3) is 16.3 Å². The number of benzene rings is 2. The molecule has 4 aromatic rings. The standard InChI is InChI=1S/C31H35N6O8P/c1-5-41-30(39)20(4)36-46(40,45-24-12-8-10-21-9-6-7-11-22(21)24)42-16-26-25(43-29(38)19(2)3)15-31(17-32,44-26)27-14-13-23-28(33)34-18-35-37(23)27/h6-14,18-20,25-26H,5,15-16H2,1-4H3,(H,36,40)(H2,33,34,35)/t20-,25-,26+,31?,46?/m0/s1. The zero-order chi connectivity index (χ0) is 33.1. The molecule has 1 saturated heterocycles. The zero-order valence-corrected chi connectivity index (χ0v) is 26.7. The minimum Gasteiger partial charge on any atom is -0.465 e. The van der Waals surface area contributed by atoms with Gasteiger partial charge in [-0.05, 0) is 37.4 Å². The number of nitriles is 1. The molecule has 2 aromatic carbocycles. The van der Waals surface area contributed by atoms with Crippen LogP contribution in [-0.2, 0) is 38.5 Å². The molecule has 1 aliphatic rings. The molecule has 2 aromatic heterocycles. The normalized spacial score (nSPS) is 21.5. The lowest BCUT2D eigenvalue weighted by molar-refractivity contribution is -0.156. The maximum absolute atomic E-state index is 14.4. The predicted molar refractivity (Wildman–Crippen MR) is 166 cm³/mol. The Balaban J connectivity index is 1.48. The zero-order valence-electron chi connectivity index (χ0n) is 25.8. The van der Waals surface area contributed by atoms with Gasteiger partial charge in [0, 0.05) is 11.8 Å². The second-order valence-electron chi connectivity index (χ2n) is 11.1. The van der Waals surface area contributed by atoms with Gasteiger partial charge in [-0.15, -0.1) is 0 Å². The number of carbonyl (C=O) groups is 2. The van der Waals surface area contributed by atoms with Crippen LogP contribution in [0.2, 0.25) is 0 Å². The highest BCUT2D eigenvalue weighted by Crippen LogP contribution is 2.49. The third-order valence-corrected chi connectivity index (χ3v) is 9.07. The average Bonchev–Trinajstić information content (AvgIpc) is 3.63. The Hall–Kier alpha value is -4.54. The van der Waals surface area contributed by atoms with E-state index in [4.69, 9.17) is 29.0 Å². The topological polar surface area (TPSA) is 189 Å². The first-order valence-corrected chi connectivity index (χ1v) is 16.3. The largest absolute Gasteiger partial charge is 0.465 e. The van der Waals surface area contributed by atoms with E-state index in [0.29, 0.717) is 16.6 Å². The number of nitrogen functional groups attached to an aromatic ring is 1. The Morgan fingerprint density at radius 2 is 1.93 bits per heavy atom. The van der Waals surface area contributed by atoms with Gasteiger partial charge in [0.25, 0.3) is 0 Å². The van der Waals surface area contributed by atoms with Gasteiger partial charge in [0.1, 0.15) is 41.9 Å². The molecule has 5 rings (SSSR count). The van der Waals surface area contributed by atoms with E-state index in [0.717, 1.165) is 5.39 Å². The third kappa shape index (κ3) is 6.68. The summed E-state index contributed by atoms with van der Waals surface area (Å²) in [6, 6.07) is 17.0. The van der Waals surface area contributed by atoms with Gasteiger partial charge >= 0.3 is 19.7 Å². The van der Waals surface area contributed by atoms with Crippen LogP contribution < -0.4 is 15.3 Å². The summed E-state index contributed by atoms with van der Waals surface area (Å²) < 4.78 is 44.9. The van der Waals surface area contributed by atoms with Crippen LogP contribution in [0.15, 0.2) is 60.9 Å². The first kappa shape index (κ1) is 32.8. The van der Waals surface area contributed by atoms with E-state index in [-0.39, 0.29) is 24.6 Å². The van der Waals surface area contributed by atoms with E-state index in [2.05, 4.69) is 21.2 Å². The molecule has 5 atom stereocenters. The Bertz CT molecular complexity index is 1840. The SMILES string of the molecule is CCOC(=O)[C@H](C)NP(=O)(OC[C@H]1OC(C#N)(c2ccc3c(N)ncnn23)C[C@@H]1OC(=O)C(C)C)Oc1cccc2ccccc12. The van der Waals surface area contributed by atoms with Gasteiger partial charge in [0.2, 0.25) is 5.60 Å². The first-order chi connectivity index (χ1) is 22.0. The van der Waals surface area contributed by atoms with Crippen molar-refractivity contribution in [1.29, 1.82) is 5.26 Å². The Morgan fingerprint density at radius 1 is 1.17 bits per heavy atom. The van der Waals surface area contributed by atoms with E-state index >= 15 is 0 Å². The number of nitrogens with one attached hydrogen (secondary N) is 1. The minimum absolute atomic E-state index is 0.0901. The van der Waals surface area contributed by atoms with Gasteiger partial charge in [-0.25, -0.2) is 14.1 Å². The lowest BCUT2D eigenvalue weighted by atomic mass is 9.96. The van der Waals surface area contributed by atoms with Crippen LogP contribution >= 0.6 is 7.75 Å². The molecule has 0 spiro atoms. The molecule has 3 N–H and O–H groups in total. The molecule has 0 radical (unpaired) electrons. The van der Waals surface area contributed by atoms with Crippen molar-refractivity contribution >= 4 is 41.8 Å². The van der Waals surface area contributed by atoms with E-state index < -0.39 is 56.1 Å². The molecule has 3 heterocycles. The smallest absolute Gasteiger partial charge is 0.459 e. The van der Waals surface area contributed by atoms with Crippen molar-refractivity contribution in [3.05, 3.63) is 66.6 Å². The van der Waals surface area contributed by atoms with Crippen molar-refractivity contribution in [3.8, 4) is 11.8 Å². The Morgan fingerprint density at radius 3 is 2.67 bits per heavy atom.